The van der Waals surface area contributed by atoms with Crippen molar-refractivity contribution in [2.45, 2.75) is 19.2 Å². The minimum Gasteiger partial charge on any atom is -0.378 e. The molecular formula is C26H32BrN2+. The van der Waals surface area contributed by atoms with Crippen LogP contribution in [0.1, 0.15) is 30.5 Å². The summed E-state index contributed by atoms with van der Waals surface area (Å²) >= 11 is 3.54. The molecule has 3 rings (SSSR count). The van der Waals surface area contributed by atoms with Crippen molar-refractivity contribution in [3.63, 3.8) is 0 Å². The molecule has 0 amide bonds. The third-order valence-electron chi connectivity index (χ3n) is 4.74. The van der Waals surface area contributed by atoms with Crippen LogP contribution in [0.25, 0.3) is 5.57 Å². The summed E-state index contributed by atoms with van der Waals surface area (Å²) in [4.78, 5) is 2.13. The summed E-state index contributed by atoms with van der Waals surface area (Å²) in [5.41, 5.74) is 8.63. The number of hydrogen-bond acceptors (Lipinski definition) is 1. The Morgan fingerprint density at radius 3 is 1.69 bits per heavy atom. The maximum atomic E-state index is 3.54. The number of nitrogens with zero attached hydrogens (tertiary/aromatic N) is 2. The van der Waals surface area contributed by atoms with Crippen LogP contribution in [0.2, 0.25) is 0 Å². The molecule has 0 aliphatic heterocycles. The topological polar surface area (TPSA) is 6.25 Å². The molecule has 2 nitrogen and oxygen atoms in total. The van der Waals surface area contributed by atoms with Gasteiger partial charge in [-0.05, 0) is 52.1 Å². The molecule has 29 heavy (non-hydrogen) atoms. The van der Waals surface area contributed by atoms with Gasteiger partial charge in [-0.1, -0.05) is 66.2 Å². The Kier molecular flexibility index (Phi) is 8.66. The van der Waals surface area contributed by atoms with E-state index in [1.165, 1.54) is 39.2 Å². The molecule has 0 radical (unpaired) electrons. The van der Waals surface area contributed by atoms with E-state index >= 15 is 0 Å². The smallest absolute Gasteiger partial charge is 0.199 e. The minimum absolute atomic E-state index is 0.873. The van der Waals surface area contributed by atoms with Gasteiger partial charge >= 0.3 is 0 Å². The van der Waals surface area contributed by atoms with Gasteiger partial charge in [0.05, 0.1) is 0 Å². The zero-order chi connectivity index (χ0) is 21.4. The number of anilines is 1. The maximum Gasteiger partial charge on any atom is 0.199 e. The zero-order valence-corrected chi connectivity index (χ0v) is 20.0. The van der Waals surface area contributed by atoms with Gasteiger partial charge in [0, 0.05) is 37.3 Å². The molecule has 0 saturated carbocycles. The molecule has 0 spiro atoms. The second kappa shape index (κ2) is 11.0. The summed E-state index contributed by atoms with van der Waals surface area (Å²) in [6.45, 7) is 4.00. The van der Waals surface area contributed by atoms with Crippen molar-refractivity contribution < 1.29 is 4.58 Å². The lowest BCUT2D eigenvalue weighted by molar-refractivity contribution is -0.462. The van der Waals surface area contributed by atoms with Crippen LogP contribution in [-0.4, -0.2) is 38.5 Å². The molecule has 0 aromatic heterocycles. The molecule has 3 heteroatoms. The van der Waals surface area contributed by atoms with E-state index in [-0.39, 0.29) is 0 Å². The van der Waals surface area contributed by atoms with E-state index in [1.807, 2.05) is 13.8 Å². The molecule has 0 saturated heterocycles. The Morgan fingerprint density at radius 1 is 0.793 bits per heavy atom. The van der Waals surface area contributed by atoms with Crippen LogP contribution in [0.4, 0.5) is 5.69 Å². The highest BCUT2D eigenvalue weighted by molar-refractivity contribution is 9.08. The Balaban J connectivity index is 0.00000145. The van der Waals surface area contributed by atoms with Gasteiger partial charge in [-0.25, -0.2) is 4.58 Å². The predicted octanol–water partition coefficient (Wildman–Crippen LogP) is 6.31. The second-order valence-electron chi connectivity index (χ2n) is 7.09. The van der Waals surface area contributed by atoms with Crippen molar-refractivity contribution in [2.75, 3.05) is 33.1 Å². The number of halogens is 1. The van der Waals surface area contributed by atoms with Gasteiger partial charge in [0.25, 0.3) is 0 Å². The molecule has 152 valence electrons. The Hall–Kier alpha value is -2.39. The number of hydrogen-bond donors (Lipinski definition) is 0. The first-order chi connectivity index (χ1) is 14.0. The molecular weight excluding hydrogens is 420 g/mol. The van der Waals surface area contributed by atoms with Gasteiger partial charge in [-0.2, -0.15) is 0 Å². The third-order valence-corrected chi connectivity index (χ3v) is 5.39. The average molecular weight is 452 g/mol. The molecule has 2 aromatic rings. The number of rotatable bonds is 4. The lowest BCUT2D eigenvalue weighted by Crippen LogP contribution is -2.10. The van der Waals surface area contributed by atoms with Gasteiger partial charge in [0.1, 0.15) is 14.1 Å². The molecule has 0 bridgehead atoms. The number of benzene rings is 2. The quantitative estimate of drug-likeness (QED) is 0.389. The minimum atomic E-state index is 0.873. The van der Waals surface area contributed by atoms with Gasteiger partial charge in [-0.15, -0.1) is 0 Å². The molecule has 0 atom stereocenters. The molecule has 0 N–H and O–H groups in total. The summed E-state index contributed by atoms with van der Waals surface area (Å²) in [5.74, 6) is 0. The Morgan fingerprint density at radius 2 is 1.28 bits per heavy atom. The average Bonchev–Trinajstić information content (AvgIpc) is 2.76. The first-order valence-corrected chi connectivity index (χ1v) is 11.2. The summed E-state index contributed by atoms with van der Waals surface area (Å²) in [6.07, 6.45) is 8.78. The van der Waals surface area contributed by atoms with Gasteiger partial charge < -0.3 is 4.90 Å². The van der Waals surface area contributed by atoms with Gasteiger partial charge in [0.15, 0.2) is 5.71 Å². The van der Waals surface area contributed by atoms with E-state index in [4.69, 9.17) is 0 Å². The third kappa shape index (κ3) is 5.80. The largest absolute Gasteiger partial charge is 0.378 e. The maximum absolute atomic E-state index is 3.54. The fourth-order valence-corrected chi connectivity index (χ4v) is 3.49. The highest BCUT2D eigenvalue weighted by Crippen LogP contribution is 2.31. The van der Waals surface area contributed by atoms with E-state index in [1.54, 1.807) is 0 Å². The van der Waals surface area contributed by atoms with Crippen molar-refractivity contribution in [1.82, 2.24) is 0 Å². The van der Waals surface area contributed by atoms with Crippen LogP contribution in [0, 0.1) is 0 Å². The van der Waals surface area contributed by atoms with E-state index in [2.05, 4.69) is 126 Å². The molecule has 0 heterocycles. The zero-order valence-electron chi connectivity index (χ0n) is 18.4. The second-order valence-corrected chi connectivity index (χ2v) is 7.65. The molecule has 1 aliphatic carbocycles. The van der Waals surface area contributed by atoms with Crippen LogP contribution in [0.15, 0.2) is 78.4 Å². The van der Waals surface area contributed by atoms with Crippen molar-refractivity contribution in [2.24, 2.45) is 0 Å². The number of alkyl halides is 1. The van der Waals surface area contributed by atoms with E-state index in [9.17, 15) is 0 Å². The van der Waals surface area contributed by atoms with Crippen LogP contribution >= 0.6 is 15.9 Å². The van der Waals surface area contributed by atoms with Gasteiger partial charge in [0.2, 0.25) is 0 Å². The molecule has 0 unspecified atom stereocenters. The van der Waals surface area contributed by atoms with Gasteiger partial charge in [-0.3, -0.25) is 0 Å². The van der Waals surface area contributed by atoms with Crippen LogP contribution < -0.4 is 4.90 Å². The molecule has 1 aliphatic rings. The Labute approximate surface area is 184 Å². The summed E-state index contributed by atoms with van der Waals surface area (Å²) in [7, 11) is 8.27. The number of allylic oxidation sites excluding steroid dienone is 5. The predicted molar refractivity (Wildman–Crippen MR) is 133 cm³/mol. The van der Waals surface area contributed by atoms with E-state index in [0.29, 0.717) is 0 Å². The van der Waals surface area contributed by atoms with Crippen molar-refractivity contribution in [3.8, 4) is 0 Å². The van der Waals surface area contributed by atoms with Crippen molar-refractivity contribution in [1.29, 1.82) is 0 Å². The summed E-state index contributed by atoms with van der Waals surface area (Å²) in [5, 5.41) is 0.873. The molecule has 0 fully saturated rings. The summed E-state index contributed by atoms with van der Waals surface area (Å²) < 4.78 is 2.13. The highest BCUT2D eigenvalue weighted by Gasteiger charge is 2.13. The Bertz CT molecular complexity index is 906. The van der Waals surface area contributed by atoms with Crippen LogP contribution in [0.3, 0.4) is 0 Å². The van der Waals surface area contributed by atoms with Crippen molar-refractivity contribution in [3.05, 3.63) is 95.1 Å². The monoisotopic (exact) mass is 451 g/mol. The highest BCUT2D eigenvalue weighted by atomic mass is 79.9. The first kappa shape index (κ1) is 22.9. The lowest BCUT2D eigenvalue weighted by atomic mass is 9.90. The lowest BCUT2D eigenvalue weighted by Gasteiger charge is -2.16. The van der Waals surface area contributed by atoms with E-state index < -0.39 is 0 Å². The SMILES string of the molecule is CC.CN(C)c1ccc(C(=C2C=CC(=[N+](C)C)C=C2)c2ccc(CBr)cc2)cc1. The van der Waals surface area contributed by atoms with Crippen LogP contribution in [-0.2, 0) is 5.33 Å². The fourth-order valence-electron chi connectivity index (χ4n) is 3.11. The standard InChI is InChI=1S/C24H26BrN2.C2H6/c1-26(2)22-13-9-20(10-14-22)24(19-7-5-18(17-25)6-8-19)21-11-15-23(16-12-21)27(3)4;1-2/h5-16H,17H2,1-4H3;1-2H3/q+1;. The fraction of sp³-hybridized carbons (Fsp3) is 0.269. The normalized spacial score (nSPS) is 12.4. The van der Waals surface area contributed by atoms with Crippen molar-refractivity contribution >= 4 is 32.9 Å². The summed E-state index contributed by atoms with van der Waals surface area (Å²) in [6, 6.07) is 17.6. The first-order valence-electron chi connectivity index (χ1n) is 10.1. The molecule has 2 aromatic carbocycles. The van der Waals surface area contributed by atoms with Crippen LogP contribution in [0.5, 0.6) is 0 Å². The van der Waals surface area contributed by atoms with E-state index in [0.717, 1.165) is 5.33 Å².